The molecule has 0 spiro atoms. The van der Waals surface area contributed by atoms with Crippen molar-refractivity contribution in [2.75, 3.05) is 19.3 Å². The molecular weight excluding hydrogens is 565 g/mol. The lowest BCUT2D eigenvalue weighted by Crippen LogP contribution is -2.48. The Labute approximate surface area is 226 Å². The quantitative estimate of drug-likeness (QED) is 0.472. The number of amides is 1. The van der Waals surface area contributed by atoms with Crippen LogP contribution in [0, 0.1) is 5.92 Å². The van der Waals surface area contributed by atoms with Crippen molar-refractivity contribution in [1.29, 1.82) is 0 Å². The summed E-state index contributed by atoms with van der Waals surface area (Å²) in [6.45, 7) is 3.46. The van der Waals surface area contributed by atoms with Crippen molar-refractivity contribution in [1.82, 2.24) is 9.62 Å². The van der Waals surface area contributed by atoms with Crippen LogP contribution in [0.2, 0.25) is 5.02 Å². The first-order valence-electron chi connectivity index (χ1n) is 11.8. The third-order valence-electron chi connectivity index (χ3n) is 7.00. The average Bonchev–Trinajstić information content (AvgIpc) is 2.82. The molecular formula is C25H30ClF3N2O5S2. The molecule has 1 saturated heterocycles. The van der Waals surface area contributed by atoms with Gasteiger partial charge in [0, 0.05) is 24.5 Å². The highest BCUT2D eigenvalue weighted by Gasteiger charge is 2.45. The number of rotatable bonds is 8. The second-order valence-corrected chi connectivity index (χ2v) is 14.7. The number of benzene rings is 2. The Kier molecular flexibility index (Phi) is 8.92. The number of alkyl halides is 3. The second kappa shape index (κ2) is 11.1. The van der Waals surface area contributed by atoms with E-state index in [0.717, 1.165) is 24.5 Å². The highest BCUT2D eigenvalue weighted by atomic mass is 35.5. The maximum atomic E-state index is 13.4. The van der Waals surface area contributed by atoms with Gasteiger partial charge in [0.2, 0.25) is 15.9 Å². The van der Waals surface area contributed by atoms with E-state index in [4.69, 9.17) is 11.6 Å². The number of nitrogens with zero attached hydrogens (tertiary/aromatic N) is 1. The summed E-state index contributed by atoms with van der Waals surface area (Å²) >= 11 is 5.92. The number of sulfone groups is 1. The SMILES string of the molecule is CC(C)(C1CCN(C(=O)C[C@H](NS(C)(=O)=O)c2ccc(Cl)cc2)CC1)S(=O)(=O)c1cccc(C(F)(F)F)c1. The summed E-state index contributed by atoms with van der Waals surface area (Å²) < 4.78 is 91.1. The normalized spacial score (nSPS) is 16.9. The van der Waals surface area contributed by atoms with Crippen LogP contribution in [0.4, 0.5) is 13.2 Å². The van der Waals surface area contributed by atoms with E-state index in [2.05, 4.69) is 4.72 Å². The fourth-order valence-electron chi connectivity index (χ4n) is 4.67. The van der Waals surface area contributed by atoms with Crippen LogP contribution < -0.4 is 4.72 Å². The van der Waals surface area contributed by atoms with Crippen molar-refractivity contribution >= 4 is 37.4 Å². The largest absolute Gasteiger partial charge is 0.416 e. The number of likely N-dealkylation sites (tertiary alicyclic amines) is 1. The first kappa shape index (κ1) is 30.4. The van der Waals surface area contributed by atoms with E-state index in [1.807, 2.05) is 0 Å². The second-order valence-electron chi connectivity index (χ2n) is 9.99. The van der Waals surface area contributed by atoms with Crippen molar-refractivity contribution in [3.05, 3.63) is 64.7 Å². The van der Waals surface area contributed by atoms with Crippen molar-refractivity contribution in [3.63, 3.8) is 0 Å². The molecule has 1 atom stereocenters. The summed E-state index contributed by atoms with van der Waals surface area (Å²) in [6, 6.07) is 9.36. The van der Waals surface area contributed by atoms with Crippen LogP contribution in [0.5, 0.6) is 0 Å². The Balaban J connectivity index is 1.72. The molecule has 7 nitrogen and oxygen atoms in total. The molecule has 0 saturated carbocycles. The van der Waals surface area contributed by atoms with Crippen LogP contribution in [0.15, 0.2) is 53.4 Å². The summed E-state index contributed by atoms with van der Waals surface area (Å²) in [5.41, 5.74) is -0.468. The molecule has 0 aliphatic carbocycles. The number of carbonyl (C=O) groups excluding carboxylic acids is 1. The van der Waals surface area contributed by atoms with Gasteiger partial charge in [0.25, 0.3) is 0 Å². The minimum atomic E-state index is -4.67. The van der Waals surface area contributed by atoms with E-state index in [1.165, 1.54) is 13.8 Å². The molecule has 1 heterocycles. The van der Waals surface area contributed by atoms with E-state index in [0.29, 0.717) is 29.5 Å². The van der Waals surface area contributed by atoms with Gasteiger partial charge in [0.15, 0.2) is 9.84 Å². The molecule has 0 aromatic heterocycles. The van der Waals surface area contributed by atoms with Gasteiger partial charge in [-0.2, -0.15) is 13.2 Å². The number of hydrogen-bond acceptors (Lipinski definition) is 5. The van der Waals surface area contributed by atoms with Crippen LogP contribution in [-0.4, -0.2) is 51.7 Å². The van der Waals surface area contributed by atoms with Gasteiger partial charge in [-0.15, -0.1) is 0 Å². The zero-order chi connectivity index (χ0) is 28.5. The third-order valence-corrected chi connectivity index (χ3v) is 10.6. The average molecular weight is 595 g/mol. The maximum Gasteiger partial charge on any atom is 0.416 e. The summed E-state index contributed by atoms with van der Waals surface area (Å²) in [5.74, 6) is -0.717. The molecule has 38 heavy (non-hydrogen) atoms. The number of sulfonamides is 1. The summed E-state index contributed by atoms with van der Waals surface area (Å²) in [4.78, 5) is 14.2. The standard InChI is InChI=1S/C25H30ClF3N2O5S2/c1-24(2,38(35,36)21-6-4-5-19(15-21)25(27,28)29)18-11-13-31(14-12-18)23(32)16-22(30-37(3,33)34)17-7-9-20(26)10-8-17/h4-10,15,18,22,30H,11-14,16H2,1-3H3/t22-/m0/s1. The Morgan fingerprint density at radius 1 is 1.05 bits per heavy atom. The number of piperidine rings is 1. The van der Waals surface area contributed by atoms with Crippen LogP contribution >= 0.6 is 11.6 Å². The van der Waals surface area contributed by atoms with Crippen molar-refractivity contribution in [3.8, 4) is 0 Å². The molecule has 0 bridgehead atoms. The molecule has 0 radical (unpaired) electrons. The summed E-state index contributed by atoms with van der Waals surface area (Å²) in [6.07, 6.45) is -3.18. The zero-order valence-electron chi connectivity index (χ0n) is 21.1. The molecule has 1 aliphatic rings. The first-order valence-corrected chi connectivity index (χ1v) is 15.6. The van der Waals surface area contributed by atoms with Gasteiger partial charge in [-0.3, -0.25) is 4.79 Å². The fourth-order valence-corrected chi connectivity index (χ4v) is 7.36. The molecule has 13 heteroatoms. The van der Waals surface area contributed by atoms with Crippen molar-refractivity contribution in [2.24, 2.45) is 5.92 Å². The molecule has 3 rings (SSSR count). The Bertz CT molecular complexity index is 1370. The highest BCUT2D eigenvalue weighted by Crippen LogP contribution is 2.39. The van der Waals surface area contributed by atoms with E-state index >= 15 is 0 Å². The zero-order valence-corrected chi connectivity index (χ0v) is 23.5. The van der Waals surface area contributed by atoms with Gasteiger partial charge in [0.05, 0.1) is 27.5 Å². The van der Waals surface area contributed by atoms with Crippen molar-refractivity contribution < 1.29 is 34.8 Å². The molecule has 1 amide bonds. The van der Waals surface area contributed by atoms with E-state index in [-0.39, 0.29) is 25.4 Å². The molecule has 2 aromatic carbocycles. The number of halogens is 4. The number of nitrogens with one attached hydrogen (secondary N) is 1. The Morgan fingerprint density at radius 3 is 2.16 bits per heavy atom. The smallest absolute Gasteiger partial charge is 0.343 e. The van der Waals surface area contributed by atoms with Gasteiger partial charge in [-0.1, -0.05) is 29.8 Å². The van der Waals surface area contributed by atoms with Crippen LogP contribution in [-0.2, 0) is 30.8 Å². The molecule has 1 aliphatic heterocycles. The van der Waals surface area contributed by atoms with Gasteiger partial charge < -0.3 is 4.90 Å². The van der Waals surface area contributed by atoms with Gasteiger partial charge in [-0.05, 0) is 68.5 Å². The van der Waals surface area contributed by atoms with Gasteiger partial charge in [0.1, 0.15) is 0 Å². The molecule has 1 fully saturated rings. The molecule has 2 aromatic rings. The minimum absolute atomic E-state index is 0.148. The lowest BCUT2D eigenvalue weighted by molar-refractivity contribution is -0.137. The van der Waals surface area contributed by atoms with Gasteiger partial charge >= 0.3 is 6.18 Å². The fraction of sp³-hybridized carbons (Fsp3) is 0.480. The third kappa shape index (κ3) is 7.08. The minimum Gasteiger partial charge on any atom is -0.343 e. The summed E-state index contributed by atoms with van der Waals surface area (Å²) in [7, 11) is -7.76. The lowest BCUT2D eigenvalue weighted by Gasteiger charge is -2.40. The molecule has 0 unspecified atom stereocenters. The maximum absolute atomic E-state index is 13.4. The Hall–Kier alpha value is -2.15. The predicted octanol–water partition coefficient (Wildman–Crippen LogP) is 4.83. The van der Waals surface area contributed by atoms with Crippen LogP contribution in [0.3, 0.4) is 0 Å². The predicted molar refractivity (Wildman–Crippen MR) is 139 cm³/mol. The van der Waals surface area contributed by atoms with E-state index in [1.54, 1.807) is 29.2 Å². The Morgan fingerprint density at radius 2 is 1.63 bits per heavy atom. The number of hydrogen-bond donors (Lipinski definition) is 1. The molecule has 210 valence electrons. The lowest BCUT2D eigenvalue weighted by atomic mass is 9.85. The van der Waals surface area contributed by atoms with Gasteiger partial charge in [-0.25, -0.2) is 21.6 Å². The summed E-state index contributed by atoms with van der Waals surface area (Å²) in [5, 5.41) is 0.461. The van der Waals surface area contributed by atoms with E-state index in [9.17, 15) is 34.8 Å². The molecule has 1 N–H and O–H groups in total. The van der Waals surface area contributed by atoms with E-state index < -0.39 is 53.2 Å². The highest BCUT2D eigenvalue weighted by molar-refractivity contribution is 7.92. The van der Waals surface area contributed by atoms with Crippen LogP contribution in [0.25, 0.3) is 0 Å². The monoisotopic (exact) mass is 594 g/mol. The number of carbonyl (C=O) groups is 1. The topological polar surface area (TPSA) is 101 Å². The van der Waals surface area contributed by atoms with Crippen LogP contribution in [0.1, 0.15) is 50.3 Å². The first-order chi connectivity index (χ1) is 17.4. The van der Waals surface area contributed by atoms with Crippen molar-refractivity contribution in [2.45, 2.75) is 55.0 Å².